The van der Waals surface area contributed by atoms with Crippen LogP contribution in [0.25, 0.3) is 0 Å². The molecule has 0 radical (unpaired) electrons. The fourth-order valence-corrected chi connectivity index (χ4v) is 1.31. The Bertz CT molecular complexity index is 176. The van der Waals surface area contributed by atoms with Crippen molar-refractivity contribution in [3.63, 3.8) is 0 Å². The zero-order valence-electron chi connectivity index (χ0n) is 6.99. The molecule has 0 bridgehead atoms. The first-order chi connectivity index (χ1) is 5.52. The Hall–Kier alpha value is -0.360. The lowest BCUT2D eigenvalue weighted by atomic mass is 10.2. The monoisotopic (exact) mass is 210 g/mol. The molecule has 6 heteroatoms. The van der Waals surface area contributed by atoms with Gasteiger partial charge in [0.15, 0.2) is 0 Å². The quantitative estimate of drug-likeness (QED) is 0.321. The largest absolute Gasteiger partial charge is 0.468 e. The van der Waals surface area contributed by atoms with Crippen LogP contribution in [-0.4, -0.2) is 30.9 Å². The summed E-state index contributed by atoms with van der Waals surface area (Å²) in [5.41, 5.74) is 0. The van der Waals surface area contributed by atoms with E-state index < -0.39 is 16.7 Å². The second-order valence-electron chi connectivity index (χ2n) is 2.11. The summed E-state index contributed by atoms with van der Waals surface area (Å²) in [6.07, 6.45) is 0. The van der Waals surface area contributed by atoms with Gasteiger partial charge in [-0.25, -0.2) is 9.59 Å². The fraction of sp³-hybridized carbons (Fsp3) is 0.667. The Kier molecular flexibility index (Phi) is 4.47. The predicted molar refractivity (Wildman–Crippen MR) is 49.0 cm³/mol. The second kappa shape index (κ2) is 4.61. The van der Waals surface area contributed by atoms with Crippen LogP contribution in [0.4, 0.5) is 0 Å². The molecule has 0 amide bonds. The Morgan fingerprint density at radius 2 is 1.58 bits per heavy atom. The fourth-order valence-electron chi connectivity index (χ4n) is 0.547. The first-order valence-electron chi connectivity index (χ1n) is 3.02. The second-order valence-corrected chi connectivity index (χ2v) is 3.65. The molecule has 4 nitrogen and oxygen atoms in total. The molecular formula is C6H10O4S2. The number of carbonyl (C=O) groups is 2. The minimum atomic E-state index is -1.38. The van der Waals surface area contributed by atoms with Crippen LogP contribution >= 0.6 is 22.5 Å². The van der Waals surface area contributed by atoms with E-state index >= 15 is 0 Å². The summed E-state index contributed by atoms with van der Waals surface area (Å²) in [4.78, 5) is 22.1. The summed E-state index contributed by atoms with van der Waals surface area (Å²) >= 11 is 3.80. The molecule has 0 unspecified atom stereocenters. The first-order valence-corrected chi connectivity index (χ1v) is 4.89. The highest BCUT2D eigenvalue weighted by molar-refractivity contribution is 8.69. The normalized spacial score (nSPS) is 10.7. The van der Waals surface area contributed by atoms with Crippen molar-refractivity contribution in [2.24, 2.45) is 0 Å². The maximum atomic E-state index is 11.1. The van der Waals surface area contributed by atoms with Crippen molar-refractivity contribution in [3.8, 4) is 0 Å². The van der Waals surface area contributed by atoms with E-state index in [0.717, 1.165) is 10.8 Å². The van der Waals surface area contributed by atoms with Crippen molar-refractivity contribution in [3.05, 3.63) is 0 Å². The molecule has 0 fully saturated rings. The number of hydrogen-bond donors (Lipinski definition) is 1. The van der Waals surface area contributed by atoms with Crippen molar-refractivity contribution >= 4 is 34.4 Å². The van der Waals surface area contributed by atoms with Crippen LogP contribution in [0, 0.1) is 0 Å². The third-order valence-electron chi connectivity index (χ3n) is 1.33. The highest BCUT2D eigenvalue weighted by atomic mass is 33.1. The van der Waals surface area contributed by atoms with Gasteiger partial charge in [-0.1, -0.05) is 10.8 Å². The number of thiol groups is 1. The molecule has 0 aliphatic rings. The molecule has 0 aromatic heterocycles. The van der Waals surface area contributed by atoms with E-state index in [9.17, 15) is 9.59 Å². The standard InChI is InChI=1S/C6H10O4S2/c1-6(12-11,4(7)9-2)5(8)10-3/h11H,1-3H3. The summed E-state index contributed by atoms with van der Waals surface area (Å²) in [7, 11) is 3.19. The Morgan fingerprint density at radius 1 is 1.25 bits per heavy atom. The Balaban J connectivity index is 4.66. The molecule has 0 aromatic carbocycles. The first kappa shape index (κ1) is 11.6. The van der Waals surface area contributed by atoms with Gasteiger partial charge in [-0.2, -0.15) is 0 Å². The highest BCUT2D eigenvalue weighted by Gasteiger charge is 2.43. The molecule has 0 spiro atoms. The highest BCUT2D eigenvalue weighted by Crippen LogP contribution is 2.30. The molecule has 0 N–H and O–H groups in total. The van der Waals surface area contributed by atoms with E-state index in [1.54, 1.807) is 0 Å². The van der Waals surface area contributed by atoms with Crippen LogP contribution in [0.1, 0.15) is 6.92 Å². The molecule has 0 saturated heterocycles. The SMILES string of the molecule is COC(=O)C(C)(SS)C(=O)OC. The van der Waals surface area contributed by atoms with E-state index in [0.29, 0.717) is 0 Å². The lowest BCUT2D eigenvalue weighted by Gasteiger charge is -2.19. The molecule has 0 rings (SSSR count). The van der Waals surface area contributed by atoms with Crippen molar-refractivity contribution < 1.29 is 19.1 Å². The molecular weight excluding hydrogens is 200 g/mol. The summed E-state index contributed by atoms with van der Waals surface area (Å²) < 4.78 is 7.46. The maximum Gasteiger partial charge on any atom is 0.334 e. The predicted octanol–water partition coefficient (Wildman–Crippen LogP) is 0.669. The van der Waals surface area contributed by atoms with E-state index in [1.165, 1.54) is 21.1 Å². The number of rotatable bonds is 3. The van der Waals surface area contributed by atoms with E-state index in [1.807, 2.05) is 0 Å². The lowest BCUT2D eigenvalue weighted by Crippen LogP contribution is -2.41. The van der Waals surface area contributed by atoms with E-state index in [2.05, 4.69) is 21.1 Å². The third-order valence-corrected chi connectivity index (χ3v) is 3.13. The Morgan fingerprint density at radius 3 is 1.75 bits per heavy atom. The average Bonchev–Trinajstić information content (AvgIpc) is 2.13. The van der Waals surface area contributed by atoms with E-state index in [4.69, 9.17) is 0 Å². The molecule has 0 aliphatic heterocycles. The summed E-state index contributed by atoms with van der Waals surface area (Å²) in [5.74, 6) is -1.34. The van der Waals surface area contributed by atoms with Gasteiger partial charge in [-0.15, -0.1) is 11.7 Å². The zero-order valence-corrected chi connectivity index (χ0v) is 8.70. The molecule has 0 saturated carbocycles. The topological polar surface area (TPSA) is 52.6 Å². The van der Waals surface area contributed by atoms with Gasteiger partial charge in [-0.3, -0.25) is 0 Å². The van der Waals surface area contributed by atoms with Crippen molar-refractivity contribution in [2.45, 2.75) is 11.7 Å². The van der Waals surface area contributed by atoms with Crippen molar-refractivity contribution in [1.29, 1.82) is 0 Å². The van der Waals surface area contributed by atoms with Crippen LogP contribution in [0.5, 0.6) is 0 Å². The molecule has 0 atom stereocenters. The molecule has 0 heterocycles. The molecule has 70 valence electrons. The van der Waals surface area contributed by atoms with Crippen molar-refractivity contribution in [1.82, 2.24) is 0 Å². The minimum absolute atomic E-state index is 0.672. The lowest BCUT2D eigenvalue weighted by molar-refractivity contribution is -0.155. The van der Waals surface area contributed by atoms with Gasteiger partial charge in [0.25, 0.3) is 0 Å². The Labute approximate surface area is 79.8 Å². The number of carbonyl (C=O) groups excluding carboxylic acids is 2. The summed E-state index contributed by atoms with van der Waals surface area (Å²) in [6.45, 7) is 1.39. The molecule has 0 aliphatic carbocycles. The van der Waals surface area contributed by atoms with Gasteiger partial charge < -0.3 is 9.47 Å². The van der Waals surface area contributed by atoms with Gasteiger partial charge >= 0.3 is 11.9 Å². The van der Waals surface area contributed by atoms with Gasteiger partial charge in [-0.05, 0) is 6.92 Å². The average molecular weight is 210 g/mol. The number of hydrogen-bond acceptors (Lipinski definition) is 6. The summed E-state index contributed by atoms with van der Waals surface area (Å²) in [5, 5.41) is 0. The summed E-state index contributed by atoms with van der Waals surface area (Å²) in [6, 6.07) is 0. The number of ether oxygens (including phenoxy) is 2. The van der Waals surface area contributed by atoms with Crippen molar-refractivity contribution in [2.75, 3.05) is 14.2 Å². The van der Waals surface area contributed by atoms with E-state index in [-0.39, 0.29) is 0 Å². The third kappa shape index (κ3) is 2.07. The van der Waals surface area contributed by atoms with Gasteiger partial charge in [0, 0.05) is 0 Å². The van der Waals surface area contributed by atoms with Crippen LogP contribution in [0.2, 0.25) is 0 Å². The molecule has 0 aromatic rings. The van der Waals surface area contributed by atoms with Gasteiger partial charge in [0.05, 0.1) is 14.2 Å². The van der Waals surface area contributed by atoms with Crippen LogP contribution in [0.3, 0.4) is 0 Å². The van der Waals surface area contributed by atoms with Crippen LogP contribution in [0.15, 0.2) is 0 Å². The number of methoxy groups -OCH3 is 2. The van der Waals surface area contributed by atoms with Gasteiger partial charge in [0.2, 0.25) is 4.75 Å². The molecule has 12 heavy (non-hydrogen) atoms. The maximum absolute atomic E-state index is 11.1. The smallest absolute Gasteiger partial charge is 0.334 e. The minimum Gasteiger partial charge on any atom is -0.468 e. The van der Waals surface area contributed by atoms with Crippen LogP contribution in [-0.2, 0) is 19.1 Å². The van der Waals surface area contributed by atoms with Gasteiger partial charge in [0.1, 0.15) is 0 Å². The number of esters is 2. The van der Waals surface area contributed by atoms with Crippen LogP contribution < -0.4 is 0 Å². The zero-order chi connectivity index (χ0) is 9.78.